The second-order valence-corrected chi connectivity index (χ2v) is 2.38. The first-order valence-electron chi connectivity index (χ1n) is 3.73. The van der Waals surface area contributed by atoms with Crippen LogP contribution in [-0.4, -0.2) is 13.4 Å². The molecule has 0 aliphatic rings. The highest BCUT2D eigenvalue weighted by Crippen LogP contribution is 2.17. The second kappa shape index (κ2) is 4.40. The Morgan fingerprint density at radius 1 is 1.46 bits per heavy atom. The van der Waals surface area contributed by atoms with Crippen LogP contribution in [-0.2, 0) is 4.79 Å². The molecule has 0 saturated heterocycles. The molecule has 0 atom stereocenters. The third kappa shape index (κ3) is 2.40. The van der Waals surface area contributed by atoms with Crippen molar-refractivity contribution in [3.63, 3.8) is 0 Å². The van der Waals surface area contributed by atoms with Gasteiger partial charge in [-0.15, -0.1) is 0 Å². The maximum absolute atomic E-state index is 13.0. The molecule has 1 aromatic rings. The van der Waals surface area contributed by atoms with Crippen LogP contribution in [0.5, 0.6) is 5.75 Å². The number of benzene rings is 1. The van der Waals surface area contributed by atoms with E-state index in [0.29, 0.717) is 17.6 Å². The van der Waals surface area contributed by atoms with Gasteiger partial charge in [0.1, 0.15) is 17.9 Å². The van der Waals surface area contributed by atoms with Crippen molar-refractivity contribution in [1.82, 2.24) is 0 Å². The first kappa shape index (κ1) is 9.45. The van der Waals surface area contributed by atoms with Crippen LogP contribution in [0.3, 0.4) is 0 Å². The molecule has 0 aliphatic carbocycles. The molecule has 0 heterocycles. The van der Waals surface area contributed by atoms with Crippen LogP contribution in [0.15, 0.2) is 24.3 Å². The molecule has 0 aromatic heterocycles. The molecule has 0 unspecified atom stereocenters. The first-order chi connectivity index (χ1) is 6.27. The summed E-state index contributed by atoms with van der Waals surface area (Å²) in [6.07, 6.45) is 3.22. The van der Waals surface area contributed by atoms with Crippen LogP contribution < -0.4 is 4.74 Å². The van der Waals surface area contributed by atoms with Gasteiger partial charge in [0.2, 0.25) is 0 Å². The highest BCUT2D eigenvalue weighted by Gasteiger charge is 1.99. The van der Waals surface area contributed by atoms with Crippen molar-refractivity contribution in [2.24, 2.45) is 0 Å². The molecule has 1 rings (SSSR count). The van der Waals surface area contributed by atoms with Gasteiger partial charge in [-0.05, 0) is 30.4 Å². The van der Waals surface area contributed by atoms with Crippen molar-refractivity contribution in [3.8, 4) is 5.75 Å². The van der Waals surface area contributed by atoms with Gasteiger partial charge in [-0.1, -0.05) is 0 Å². The van der Waals surface area contributed by atoms with Crippen LogP contribution >= 0.6 is 0 Å². The van der Waals surface area contributed by atoms with Crippen LogP contribution in [0.25, 0.3) is 6.08 Å². The van der Waals surface area contributed by atoms with E-state index in [0.717, 1.165) is 0 Å². The number of methoxy groups -OCH3 is 1. The van der Waals surface area contributed by atoms with Gasteiger partial charge in [0.05, 0.1) is 7.11 Å². The van der Waals surface area contributed by atoms with Crippen molar-refractivity contribution in [1.29, 1.82) is 0 Å². The van der Waals surface area contributed by atoms with Gasteiger partial charge in [-0.25, -0.2) is 4.39 Å². The van der Waals surface area contributed by atoms with Crippen LogP contribution in [0, 0.1) is 5.82 Å². The number of hydrogen-bond donors (Lipinski definition) is 0. The van der Waals surface area contributed by atoms with Crippen molar-refractivity contribution in [3.05, 3.63) is 35.7 Å². The number of aldehydes is 1. The minimum Gasteiger partial charge on any atom is -0.497 e. The third-order valence-electron chi connectivity index (χ3n) is 1.56. The summed E-state index contributed by atoms with van der Waals surface area (Å²) >= 11 is 0. The molecule has 13 heavy (non-hydrogen) atoms. The highest BCUT2D eigenvalue weighted by molar-refractivity contribution is 5.74. The normalized spacial score (nSPS) is 10.3. The van der Waals surface area contributed by atoms with E-state index in [4.69, 9.17) is 4.74 Å². The van der Waals surface area contributed by atoms with E-state index < -0.39 is 0 Å². The summed E-state index contributed by atoms with van der Waals surface area (Å²) in [5.74, 6) is 0.186. The quantitative estimate of drug-likeness (QED) is 0.525. The highest BCUT2D eigenvalue weighted by atomic mass is 19.1. The minimum atomic E-state index is -0.376. The molecule has 0 N–H and O–H groups in total. The Balaban J connectivity index is 3.03. The number of carbonyl (C=O) groups excluding carboxylic acids is 1. The summed E-state index contributed by atoms with van der Waals surface area (Å²) in [7, 11) is 1.50. The molecule has 68 valence electrons. The van der Waals surface area contributed by atoms with Crippen molar-refractivity contribution in [2.45, 2.75) is 0 Å². The Morgan fingerprint density at radius 2 is 2.23 bits per heavy atom. The van der Waals surface area contributed by atoms with E-state index >= 15 is 0 Å². The van der Waals surface area contributed by atoms with Gasteiger partial charge in [-0.3, -0.25) is 4.79 Å². The molecule has 2 nitrogen and oxygen atoms in total. The molecule has 3 heteroatoms. The van der Waals surface area contributed by atoms with Gasteiger partial charge in [0.25, 0.3) is 0 Å². The predicted molar refractivity (Wildman–Crippen MR) is 48.1 cm³/mol. The predicted octanol–water partition coefficient (Wildman–Crippen LogP) is 2.05. The SMILES string of the molecule is COc1ccc(F)c(C=CC=O)c1. The fourth-order valence-electron chi connectivity index (χ4n) is 0.919. The smallest absolute Gasteiger partial charge is 0.142 e. The van der Waals surface area contributed by atoms with E-state index in [2.05, 4.69) is 0 Å². The lowest BCUT2D eigenvalue weighted by atomic mass is 10.2. The Bertz CT molecular complexity index is 332. The summed E-state index contributed by atoms with van der Waals surface area (Å²) in [5, 5.41) is 0. The van der Waals surface area contributed by atoms with Crippen LogP contribution in [0.4, 0.5) is 4.39 Å². The summed E-state index contributed by atoms with van der Waals surface area (Å²) in [4.78, 5) is 10.0. The second-order valence-electron chi connectivity index (χ2n) is 2.38. The number of hydrogen-bond acceptors (Lipinski definition) is 2. The van der Waals surface area contributed by atoms with Gasteiger partial charge < -0.3 is 4.74 Å². The lowest BCUT2D eigenvalue weighted by molar-refractivity contribution is -0.104. The molecular formula is C10H9FO2. The van der Waals surface area contributed by atoms with Crippen molar-refractivity contribution in [2.75, 3.05) is 7.11 Å². The molecule has 0 aliphatic heterocycles. The Labute approximate surface area is 75.6 Å². The Morgan fingerprint density at radius 3 is 2.85 bits per heavy atom. The van der Waals surface area contributed by atoms with E-state index in [-0.39, 0.29) is 5.82 Å². The molecule has 0 bridgehead atoms. The summed E-state index contributed by atoms with van der Waals surface area (Å²) in [5.41, 5.74) is 0.339. The van der Waals surface area contributed by atoms with Gasteiger partial charge in [0, 0.05) is 5.56 Å². The minimum absolute atomic E-state index is 0.339. The molecule has 0 spiro atoms. The maximum atomic E-state index is 13.0. The van der Waals surface area contributed by atoms with Crippen molar-refractivity contribution < 1.29 is 13.9 Å². The molecule has 0 saturated carbocycles. The van der Waals surface area contributed by atoms with Crippen LogP contribution in [0.1, 0.15) is 5.56 Å². The zero-order chi connectivity index (χ0) is 9.68. The maximum Gasteiger partial charge on any atom is 0.142 e. The van der Waals surface area contributed by atoms with Gasteiger partial charge in [-0.2, -0.15) is 0 Å². The number of allylic oxidation sites excluding steroid dienone is 1. The lowest BCUT2D eigenvalue weighted by Crippen LogP contribution is -1.86. The van der Waals surface area contributed by atoms with E-state index in [9.17, 15) is 9.18 Å². The standard InChI is InChI=1S/C10H9FO2/c1-13-9-4-5-10(11)8(7-9)3-2-6-12/h2-7H,1H3. The Hall–Kier alpha value is -1.64. The molecular weight excluding hydrogens is 171 g/mol. The fourth-order valence-corrected chi connectivity index (χ4v) is 0.919. The van der Waals surface area contributed by atoms with Gasteiger partial charge in [0.15, 0.2) is 0 Å². The number of rotatable bonds is 3. The molecule has 1 aromatic carbocycles. The number of carbonyl (C=O) groups is 1. The average molecular weight is 180 g/mol. The summed E-state index contributed by atoms with van der Waals surface area (Å²) in [6, 6.07) is 4.34. The van der Waals surface area contributed by atoms with Crippen molar-refractivity contribution >= 4 is 12.4 Å². The Kier molecular flexibility index (Phi) is 3.20. The van der Waals surface area contributed by atoms with Crippen LogP contribution in [0.2, 0.25) is 0 Å². The molecule has 0 radical (unpaired) electrons. The lowest BCUT2D eigenvalue weighted by Gasteiger charge is -2.01. The summed E-state index contributed by atoms with van der Waals surface area (Å²) < 4.78 is 17.9. The molecule has 0 amide bonds. The van der Waals surface area contributed by atoms with E-state index in [1.165, 1.54) is 37.5 Å². The van der Waals surface area contributed by atoms with Gasteiger partial charge >= 0.3 is 0 Å². The van der Waals surface area contributed by atoms with E-state index in [1.54, 1.807) is 0 Å². The topological polar surface area (TPSA) is 26.3 Å². The first-order valence-corrected chi connectivity index (χ1v) is 3.73. The summed E-state index contributed by atoms with van der Waals surface area (Å²) in [6.45, 7) is 0. The monoisotopic (exact) mass is 180 g/mol. The number of ether oxygens (including phenoxy) is 1. The zero-order valence-corrected chi connectivity index (χ0v) is 7.16. The van der Waals surface area contributed by atoms with E-state index in [1.807, 2.05) is 0 Å². The zero-order valence-electron chi connectivity index (χ0n) is 7.16. The molecule has 0 fully saturated rings. The number of halogens is 1. The fraction of sp³-hybridized carbons (Fsp3) is 0.100. The average Bonchev–Trinajstić information content (AvgIpc) is 2.17. The third-order valence-corrected chi connectivity index (χ3v) is 1.56. The largest absolute Gasteiger partial charge is 0.497 e.